The van der Waals surface area contributed by atoms with Crippen LogP contribution < -0.4 is 5.32 Å². The lowest BCUT2D eigenvalue weighted by atomic mass is 10.1. The maximum Gasteiger partial charge on any atom is 0.162 e. The molecule has 2 rings (SSSR count). The Balaban J connectivity index is 2.26. The predicted molar refractivity (Wildman–Crippen MR) is 63.3 cm³/mol. The van der Waals surface area contributed by atoms with Gasteiger partial charge in [0, 0.05) is 12.4 Å². The van der Waals surface area contributed by atoms with Crippen LogP contribution in [0.3, 0.4) is 0 Å². The molecular formula is C13H14N2O. The molecule has 0 saturated heterocycles. The highest BCUT2D eigenvalue weighted by molar-refractivity contribution is 5.58. The summed E-state index contributed by atoms with van der Waals surface area (Å²) >= 11 is 0. The minimum atomic E-state index is -0.303. The lowest BCUT2D eigenvalue weighted by molar-refractivity contribution is -0.112. The molecule has 2 unspecified atom stereocenters. The summed E-state index contributed by atoms with van der Waals surface area (Å²) in [5, 5.41) is 2.97. The fourth-order valence-electron chi connectivity index (χ4n) is 1.86. The van der Waals surface area contributed by atoms with Crippen LogP contribution in [0.5, 0.6) is 0 Å². The van der Waals surface area contributed by atoms with Crippen LogP contribution in [0.2, 0.25) is 0 Å². The molecule has 0 saturated carbocycles. The zero-order valence-corrected chi connectivity index (χ0v) is 8.91. The van der Waals surface area contributed by atoms with Crippen molar-refractivity contribution >= 4 is 6.29 Å². The number of benzene rings is 1. The number of hydrogen-bond acceptors (Lipinski definition) is 3. The molecule has 2 atom stereocenters. The molecule has 1 heterocycles. The number of nitrogens with one attached hydrogen (secondary N) is 1. The van der Waals surface area contributed by atoms with E-state index >= 15 is 0 Å². The van der Waals surface area contributed by atoms with Gasteiger partial charge in [0.05, 0.1) is 6.04 Å². The standard InChI is InChI=1S/C13H14N2O/c1-2-12(11-6-4-3-5-7-11)15-9-8-14-13(15)10-16/h2-10,12-14H,1H2. The van der Waals surface area contributed by atoms with E-state index in [-0.39, 0.29) is 12.2 Å². The average Bonchev–Trinajstić information content (AvgIpc) is 2.80. The van der Waals surface area contributed by atoms with Gasteiger partial charge < -0.3 is 10.2 Å². The second kappa shape index (κ2) is 4.66. The maximum absolute atomic E-state index is 10.9. The van der Waals surface area contributed by atoms with Crippen LogP contribution in [0.4, 0.5) is 0 Å². The second-order valence-electron chi connectivity index (χ2n) is 3.60. The van der Waals surface area contributed by atoms with Gasteiger partial charge in [0.15, 0.2) is 12.5 Å². The third-order valence-electron chi connectivity index (χ3n) is 2.65. The van der Waals surface area contributed by atoms with Gasteiger partial charge in [-0.1, -0.05) is 36.4 Å². The monoisotopic (exact) mass is 214 g/mol. The van der Waals surface area contributed by atoms with E-state index in [1.54, 1.807) is 6.20 Å². The van der Waals surface area contributed by atoms with Crippen LogP contribution in [0, 0.1) is 0 Å². The first-order chi connectivity index (χ1) is 7.86. The first-order valence-corrected chi connectivity index (χ1v) is 5.20. The molecule has 82 valence electrons. The largest absolute Gasteiger partial charge is 0.364 e. The third-order valence-corrected chi connectivity index (χ3v) is 2.65. The van der Waals surface area contributed by atoms with Gasteiger partial charge in [-0.2, -0.15) is 0 Å². The number of hydrogen-bond donors (Lipinski definition) is 1. The number of carbonyl (C=O) groups is 1. The van der Waals surface area contributed by atoms with Crippen LogP contribution >= 0.6 is 0 Å². The van der Waals surface area contributed by atoms with Gasteiger partial charge in [-0.3, -0.25) is 4.79 Å². The fraction of sp³-hybridized carbons (Fsp3) is 0.154. The van der Waals surface area contributed by atoms with Crippen LogP contribution in [0.25, 0.3) is 0 Å². The second-order valence-corrected chi connectivity index (χ2v) is 3.60. The Bertz CT molecular complexity index is 400. The summed E-state index contributed by atoms with van der Waals surface area (Å²) in [6.07, 6.45) is 6.07. The van der Waals surface area contributed by atoms with Crippen molar-refractivity contribution in [1.29, 1.82) is 0 Å². The summed E-state index contributed by atoms with van der Waals surface area (Å²) in [5.41, 5.74) is 1.12. The summed E-state index contributed by atoms with van der Waals surface area (Å²) in [4.78, 5) is 12.8. The molecule has 0 bridgehead atoms. The first kappa shape index (κ1) is 10.5. The number of rotatable bonds is 4. The van der Waals surface area contributed by atoms with E-state index < -0.39 is 0 Å². The number of carbonyl (C=O) groups excluding carboxylic acids is 1. The summed E-state index contributed by atoms with van der Waals surface area (Å²) < 4.78 is 0. The Labute approximate surface area is 95.1 Å². The smallest absolute Gasteiger partial charge is 0.162 e. The highest BCUT2D eigenvalue weighted by Gasteiger charge is 2.24. The number of nitrogens with zero attached hydrogens (tertiary/aromatic N) is 1. The molecule has 0 amide bonds. The molecular weight excluding hydrogens is 200 g/mol. The van der Waals surface area contributed by atoms with Crippen molar-refractivity contribution < 1.29 is 4.79 Å². The Morgan fingerprint density at radius 2 is 2.12 bits per heavy atom. The van der Waals surface area contributed by atoms with Gasteiger partial charge in [0.2, 0.25) is 0 Å². The molecule has 1 N–H and O–H groups in total. The zero-order valence-electron chi connectivity index (χ0n) is 8.91. The summed E-state index contributed by atoms with van der Waals surface area (Å²) in [6, 6.07) is 10.0. The molecule has 0 aliphatic carbocycles. The van der Waals surface area contributed by atoms with Crippen LogP contribution in [-0.4, -0.2) is 17.4 Å². The zero-order chi connectivity index (χ0) is 11.4. The van der Waals surface area contributed by atoms with Crippen molar-refractivity contribution in [2.45, 2.75) is 12.2 Å². The highest BCUT2D eigenvalue weighted by atomic mass is 16.1. The molecule has 3 nitrogen and oxygen atoms in total. The average molecular weight is 214 g/mol. The van der Waals surface area contributed by atoms with Crippen LogP contribution in [-0.2, 0) is 4.79 Å². The minimum absolute atomic E-state index is 0.0163. The quantitative estimate of drug-likeness (QED) is 0.613. The minimum Gasteiger partial charge on any atom is -0.364 e. The molecule has 0 radical (unpaired) electrons. The molecule has 1 aliphatic heterocycles. The van der Waals surface area contributed by atoms with Gasteiger partial charge >= 0.3 is 0 Å². The van der Waals surface area contributed by atoms with Crippen molar-refractivity contribution in [3.63, 3.8) is 0 Å². The molecule has 1 aromatic rings. The summed E-state index contributed by atoms with van der Waals surface area (Å²) in [7, 11) is 0. The molecule has 0 aromatic heterocycles. The fourth-order valence-corrected chi connectivity index (χ4v) is 1.86. The van der Waals surface area contributed by atoms with Crippen molar-refractivity contribution in [2.24, 2.45) is 0 Å². The lowest BCUT2D eigenvalue weighted by Gasteiger charge is -2.28. The Morgan fingerprint density at radius 1 is 1.38 bits per heavy atom. The van der Waals surface area contributed by atoms with Gasteiger partial charge in [-0.15, -0.1) is 6.58 Å². The molecule has 1 aliphatic rings. The van der Waals surface area contributed by atoms with Gasteiger partial charge in [-0.05, 0) is 5.56 Å². The summed E-state index contributed by atoms with van der Waals surface area (Å²) in [5.74, 6) is 0. The highest BCUT2D eigenvalue weighted by Crippen LogP contribution is 2.24. The molecule has 3 heteroatoms. The number of aldehydes is 1. The Hall–Kier alpha value is -2.03. The molecule has 16 heavy (non-hydrogen) atoms. The van der Waals surface area contributed by atoms with Crippen molar-refractivity contribution in [1.82, 2.24) is 10.2 Å². The summed E-state index contributed by atoms with van der Waals surface area (Å²) in [6.45, 7) is 3.83. The van der Waals surface area contributed by atoms with E-state index in [0.29, 0.717) is 0 Å². The first-order valence-electron chi connectivity index (χ1n) is 5.20. The van der Waals surface area contributed by atoms with E-state index in [2.05, 4.69) is 11.9 Å². The van der Waals surface area contributed by atoms with E-state index in [0.717, 1.165) is 11.8 Å². The van der Waals surface area contributed by atoms with Crippen molar-refractivity contribution in [3.05, 3.63) is 61.0 Å². The van der Waals surface area contributed by atoms with E-state index in [1.807, 2.05) is 47.5 Å². The Kier molecular flexibility index (Phi) is 3.05. The molecule has 1 aromatic carbocycles. The lowest BCUT2D eigenvalue weighted by Crippen LogP contribution is -2.38. The van der Waals surface area contributed by atoms with Crippen molar-refractivity contribution in [2.75, 3.05) is 0 Å². The van der Waals surface area contributed by atoms with E-state index in [1.165, 1.54) is 0 Å². The van der Waals surface area contributed by atoms with Gasteiger partial charge in [-0.25, -0.2) is 0 Å². The Morgan fingerprint density at radius 3 is 2.75 bits per heavy atom. The van der Waals surface area contributed by atoms with Crippen LogP contribution in [0.15, 0.2) is 55.4 Å². The van der Waals surface area contributed by atoms with Gasteiger partial charge in [0.25, 0.3) is 0 Å². The topological polar surface area (TPSA) is 32.3 Å². The SMILES string of the molecule is C=CC(c1ccccc1)N1C=CNC1C=O. The maximum atomic E-state index is 10.9. The van der Waals surface area contributed by atoms with E-state index in [9.17, 15) is 4.79 Å². The normalized spacial score (nSPS) is 20.2. The third kappa shape index (κ3) is 1.84. The van der Waals surface area contributed by atoms with Crippen molar-refractivity contribution in [3.8, 4) is 0 Å². The predicted octanol–water partition coefficient (Wildman–Crippen LogP) is 1.82. The van der Waals surface area contributed by atoms with E-state index in [4.69, 9.17) is 0 Å². The van der Waals surface area contributed by atoms with Crippen LogP contribution in [0.1, 0.15) is 11.6 Å². The molecule has 0 spiro atoms. The van der Waals surface area contributed by atoms with Gasteiger partial charge in [0.1, 0.15) is 0 Å². The molecule has 0 fully saturated rings.